The lowest BCUT2D eigenvalue weighted by Gasteiger charge is -2.11. The number of ether oxygens (including phenoxy) is 1. The number of benzene rings is 1. The molecule has 4 aromatic rings. The Morgan fingerprint density at radius 2 is 1.84 bits per heavy atom. The molecule has 0 saturated carbocycles. The summed E-state index contributed by atoms with van der Waals surface area (Å²) in [6.07, 6.45) is 1.69. The number of fused-ring (bicyclic) bond motifs is 2. The monoisotopic (exact) mass is 416 g/mol. The highest BCUT2D eigenvalue weighted by atomic mass is 16.5. The van der Waals surface area contributed by atoms with Crippen LogP contribution >= 0.6 is 0 Å². The molecule has 8 nitrogen and oxygen atoms in total. The van der Waals surface area contributed by atoms with E-state index >= 15 is 0 Å². The Morgan fingerprint density at radius 3 is 2.58 bits per heavy atom. The van der Waals surface area contributed by atoms with E-state index in [9.17, 15) is 14.4 Å². The number of esters is 1. The molecule has 156 valence electrons. The van der Waals surface area contributed by atoms with Gasteiger partial charge in [-0.3, -0.25) is 14.0 Å². The zero-order valence-electron chi connectivity index (χ0n) is 17.1. The molecule has 1 amide bonds. The van der Waals surface area contributed by atoms with Gasteiger partial charge >= 0.3 is 5.97 Å². The number of rotatable bonds is 4. The van der Waals surface area contributed by atoms with Gasteiger partial charge in [0.05, 0.1) is 18.4 Å². The molecule has 0 fully saturated rings. The molecular weight excluding hydrogens is 396 g/mol. The fourth-order valence-corrected chi connectivity index (χ4v) is 3.39. The smallest absolute Gasteiger partial charge is 0.341 e. The van der Waals surface area contributed by atoms with Crippen molar-refractivity contribution in [3.05, 3.63) is 87.8 Å². The van der Waals surface area contributed by atoms with Crippen molar-refractivity contribution < 1.29 is 14.3 Å². The van der Waals surface area contributed by atoms with Crippen molar-refractivity contribution in [1.29, 1.82) is 0 Å². The maximum atomic E-state index is 13.0. The minimum Gasteiger partial charge on any atom is -0.462 e. The van der Waals surface area contributed by atoms with Gasteiger partial charge in [0.1, 0.15) is 16.9 Å². The van der Waals surface area contributed by atoms with E-state index in [1.165, 1.54) is 15.0 Å². The van der Waals surface area contributed by atoms with Gasteiger partial charge in [0.2, 0.25) is 0 Å². The Labute approximate surface area is 177 Å². The lowest BCUT2D eigenvalue weighted by Crippen LogP contribution is -2.31. The predicted molar refractivity (Wildman–Crippen MR) is 115 cm³/mol. The number of nitrogens with zero attached hydrogens (tertiary/aromatic N) is 4. The summed E-state index contributed by atoms with van der Waals surface area (Å²) in [6.45, 7) is 1.83. The molecule has 0 unspecified atom stereocenters. The van der Waals surface area contributed by atoms with E-state index in [1.807, 2.05) is 30.3 Å². The molecule has 3 heterocycles. The molecule has 0 atom stereocenters. The first kappa shape index (κ1) is 20.2. The summed E-state index contributed by atoms with van der Waals surface area (Å²) in [7, 11) is 1.62. The van der Waals surface area contributed by atoms with Gasteiger partial charge in [0.25, 0.3) is 11.5 Å². The second-order valence-electron chi connectivity index (χ2n) is 6.91. The second-order valence-corrected chi connectivity index (χ2v) is 6.91. The number of amides is 1. The van der Waals surface area contributed by atoms with Gasteiger partial charge in [-0.15, -0.1) is 0 Å². The minimum atomic E-state index is -0.663. The average molecular weight is 416 g/mol. The maximum Gasteiger partial charge on any atom is 0.341 e. The SMILES string of the molecule is CCOC(=O)c1cc2c(=O)n3ccccc3nc2n(C)c1=NC(=O)Cc1ccccc1. The van der Waals surface area contributed by atoms with Crippen LogP contribution in [0.3, 0.4) is 0 Å². The number of hydrogen-bond donors (Lipinski definition) is 0. The highest BCUT2D eigenvalue weighted by Crippen LogP contribution is 2.10. The van der Waals surface area contributed by atoms with Gasteiger partial charge < -0.3 is 9.30 Å². The predicted octanol–water partition coefficient (Wildman–Crippen LogP) is 2.03. The number of pyridine rings is 2. The van der Waals surface area contributed by atoms with Gasteiger partial charge in [-0.2, -0.15) is 4.99 Å². The van der Waals surface area contributed by atoms with E-state index in [0.29, 0.717) is 11.3 Å². The summed E-state index contributed by atoms with van der Waals surface area (Å²) in [6, 6.07) is 15.8. The Bertz CT molecular complexity index is 1440. The van der Waals surface area contributed by atoms with Crippen LogP contribution in [0.2, 0.25) is 0 Å². The van der Waals surface area contributed by atoms with Gasteiger partial charge in [-0.1, -0.05) is 36.4 Å². The summed E-state index contributed by atoms with van der Waals surface area (Å²) in [5.74, 6) is -1.09. The molecule has 0 aliphatic carbocycles. The van der Waals surface area contributed by atoms with Crippen LogP contribution in [0.15, 0.2) is 70.6 Å². The Balaban J connectivity index is 1.97. The maximum absolute atomic E-state index is 13.0. The van der Waals surface area contributed by atoms with Crippen molar-refractivity contribution in [2.45, 2.75) is 13.3 Å². The largest absolute Gasteiger partial charge is 0.462 e. The number of aryl methyl sites for hydroxylation is 1. The van der Waals surface area contributed by atoms with Gasteiger partial charge in [-0.25, -0.2) is 9.78 Å². The van der Waals surface area contributed by atoms with E-state index in [4.69, 9.17) is 4.74 Å². The van der Waals surface area contributed by atoms with Crippen molar-refractivity contribution in [3.8, 4) is 0 Å². The molecule has 4 rings (SSSR count). The summed E-state index contributed by atoms with van der Waals surface area (Å²) < 4.78 is 8.03. The van der Waals surface area contributed by atoms with Crippen molar-refractivity contribution in [1.82, 2.24) is 14.0 Å². The molecular formula is C23H20N4O4. The molecule has 1 aromatic carbocycles. The van der Waals surface area contributed by atoms with E-state index < -0.39 is 11.9 Å². The van der Waals surface area contributed by atoms with Crippen LogP contribution in [0, 0.1) is 0 Å². The zero-order chi connectivity index (χ0) is 22.0. The quantitative estimate of drug-likeness (QED) is 0.375. The summed E-state index contributed by atoms with van der Waals surface area (Å²) >= 11 is 0. The highest BCUT2D eigenvalue weighted by Gasteiger charge is 2.18. The van der Waals surface area contributed by atoms with E-state index in [-0.39, 0.29) is 35.0 Å². The van der Waals surface area contributed by atoms with Crippen LogP contribution < -0.4 is 11.0 Å². The third-order valence-corrected chi connectivity index (χ3v) is 4.84. The molecule has 3 aromatic heterocycles. The zero-order valence-corrected chi connectivity index (χ0v) is 17.1. The molecule has 0 spiro atoms. The normalized spacial score (nSPS) is 11.7. The van der Waals surface area contributed by atoms with Crippen molar-refractivity contribution in [3.63, 3.8) is 0 Å². The van der Waals surface area contributed by atoms with Crippen LogP contribution in [0.25, 0.3) is 16.7 Å². The first-order chi connectivity index (χ1) is 15.0. The molecule has 0 saturated heterocycles. The van der Waals surface area contributed by atoms with Crippen molar-refractivity contribution in [2.75, 3.05) is 6.61 Å². The summed E-state index contributed by atoms with van der Waals surface area (Å²) in [5.41, 5.74) is 1.37. The van der Waals surface area contributed by atoms with Gasteiger partial charge in [0, 0.05) is 13.2 Å². The van der Waals surface area contributed by atoms with Crippen molar-refractivity contribution in [2.24, 2.45) is 12.0 Å². The second kappa shape index (κ2) is 8.35. The fraction of sp³-hybridized carbons (Fsp3) is 0.174. The Morgan fingerprint density at radius 1 is 1.10 bits per heavy atom. The lowest BCUT2D eigenvalue weighted by atomic mass is 10.1. The third-order valence-electron chi connectivity index (χ3n) is 4.84. The molecule has 0 bridgehead atoms. The van der Waals surface area contributed by atoms with E-state index in [2.05, 4.69) is 9.98 Å². The first-order valence-electron chi connectivity index (χ1n) is 9.79. The van der Waals surface area contributed by atoms with E-state index in [1.54, 1.807) is 38.4 Å². The summed E-state index contributed by atoms with van der Waals surface area (Å²) in [5, 5.41) is 0.226. The summed E-state index contributed by atoms with van der Waals surface area (Å²) in [4.78, 5) is 47.0. The third kappa shape index (κ3) is 3.87. The first-order valence-corrected chi connectivity index (χ1v) is 9.79. The van der Waals surface area contributed by atoms with Gasteiger partial charge in [-0.05, 0) is 30.7 Å². The topological polar surface area (TPSA) is 95.0 Å². The number of carbonyl (C=O) groups excluding carboxylic acids is 2. The minimum absolute atomic E-state index is 0.0352. The van der Waals surface area contributed by atoms with Crippen LogP contribution in [0.1, 0.15) is 22.8 Å². The number of hydrogen-bond acceptors (Lipinski definition) is 5. The van der Waals surface area contributed by atoms with E-state index in [0.717, 1.165) is 5.56 Å². The fourth-order valence-electron chi connectivity index (χ4n) is 3.39. The Kier molecular flexibility index (Phi) is 5.44. The standard InChI is InChI=1S/C23H20N4O4/c1-3-31-23(30)17-14-16-20(24-18-11-7-8-12-27(18)22(16)29)26(2)21(17)25-19(28)13-15-9-5-4-6-10-15/h4-12,14H,3,13H2,1-2H3. The molecule has 0 aliphatic heterocycles. The van der Waals surface area contributed by atoms with Crippen LogP contribution in [-0.4, -0.2) is 32.4 Å². The van der Waals surface area contributed by atoms with Crippen LogP contribution in [-0.2, 0) is 23.0 Å². The van der Waals surface area contributed by atoms with Crippen LogP contribution in [0.5, 0.6) is 0 Å². The lowest BCUT2D eigenvalue weighted by molar-refractivity contribution is -0.117. The average Bonchev–Trinajstić information content (AvgIpc) is 2.77. The van der Waals surface area contributed by atoms with Gasteiger partial charge in [0.15, 0.2) is 5.49 Å². The van der Waals surface area contributed by atoms with Crippen molar-refractivity contribution >= 4 is 28.6 Å². The number of aromatic nitrogens is 3. The molecule has 0 N–H and O–H groups in total. The highest BCUT2D eigenvalue weighted by molar-refractivity contribution is 5.93. The molecule has 0 radical (unpaired) electrons. The number of carbonyl (C=O) groups is 2. The molecule has 8 heteroatoms. The van der Waals surface area contributed by atoms with Crippen LogP contribution in [0.4, 0.5) is 0 Å². The Hall–Kier alpha value is -4.07. The molecule has 31 heavy (non-hydrogen) atoms. The molecule has 0 aliphatic rings.